The van der Waals surface area contributed by atoms with Crippen LogP contribution in [0, 0.1) is 0 Å². The van der Waals surface area contributed by atoms with Gasteiger partial charge in [-0.1, -0.05) is 19.1 Å². The van der Waals surface area contributed by atoms with Gasteiger partial charge >= 0.3 is 6.03 Å². The molecule has 2 N–H and O–H groups in total. The van der Waals surface area contributed by atoms with Crippen LogP contribution in [-0.2, 0) is 9.84 Å². The molecule has 0 unspecified atom stereocenters. The summed E-state index contributed by atoms with van der Waals surface area (Å²) < 4.78 is 23.1. The van der Waals surface area contributed by atoms with Crippen molar-refractivity contribution in [2.75, 3.05) is 11.6 Å². The molecule has 0 saturated carbocycles. The number of rotatable bonds is 4. The predicted molar refractivity (Wildman–Crippen MR) is 71.5 cm³/mol. The molecule has 0 aromatic heterocycles. The minimum atomic E-state index is -3.36. The second-order valence-corrected chi connectivity index (χ2v) is 6.16. The van der Waals surface area contributed by atoms with Crippen molar-refractivity contribution in [1.29, 1.82) is 0 Å². The molecule has 0 aliphatic carbocycles. The van der Waals surface area contributed by atoms with E-state index in [9.17, 15) is 13.2 Å². The van der Waals surface area contributed by atoms with Gasteiger partial charge in [0.1, 0.15) is 0 Å². The van der Waals surface area contributed by atoms with E-state index in [2.05, 4.69) is 10.6 Å². The molecule has 1 aromatic carbocycles. The molecule has 6 heteroatoms. The third-order valence-corrected chi connectivity index (χ3v) is 3.68. The Kier molecular flexibility index (Phi) is 4.72. The van der Waals surface area contributed by atoms with Crippen LogP contribution >= 0.6 is 0 Å². The van der Waals surface area contributed by atoms with Crippen molar-refractivity contribution < 1.29 is 13.2 Å². The molecule has 0 radical (unpaired) electrons. The number of carbonyl (C=O) groups excluding carboxylic acids is 1. The number of hydrogen-bond donors (Lipinski definition) is 2. The average molecular weight is 270 g/mol. The summed E-state index contributed by atoms with van der Waals surface area (Å²) in [5, 5.41) is 5.26. The van der Waals surface area contributed by atoms with Crippen molar-refractivity contribution in [2.24, 2.45) is 0 Å². The Morgan fingerprint density at radius 2 is 1.94 bits per heavy atom. The molecule has 1 rings (SSSR count). The Morgan fingerprint density at radius 3 is 2.50 bits per heavy atom. The van der Waals surface area contributed by atoms with Crippen LogP contribution in [0.15, 0.2) is 29.2 Å². The summed E-state index contributed by atoms with van der Waals surface area (Å²) in [6, 6.07) is 5.96. The largest absolute Gasteiger partial charge is 0.335 e. The molecular formula is C12H18N2O3S. The monoisotopic (exact) mass is 270 g/mol. The molecule has 0 aliphatic rings. The molecule has 0 bridgehead atoms. The Labute approximate surface area is 108 Å². The van der Waals surface area contributed by atoms with E-state index in [0.29, 0.717) is 5.69 Å². The number of nitrogens with one attached hydrogen (secondary N) is 2. The average Bonchev–Trinajstić information content (AvgIpc) is 2.27. The minimum Gasteiger partial charge on any atom is -0.335 e. The summed E-state index contributed by atoms with van der Waals surface area (Å²) in [5.41, 5.74) is 0.292. The third kappa shape index (κ3) is 4.03. The van der Waals surface area contributed by atoms with Crippen LogP contribution < -0.4 is 10.6 Å². The van der Waals surface area contributed by atoms with Gasteiger partial charge in [-0.3, -0.25) is 0 Å². The lowest BCUT2D eigenvalue weighted by Crippen LogP contribution is -2.35. The van der Waals surface area contributed by atoms with Crippen molar-refractivity contribution in [2.45, 2.75) is 31.2 Å². The normalized spacial score (nSPS) is 12.8. The van der Waals surface area contributed by atoms with Crippen LogP contribution in [0.2, 0.25) is 0 Å². The van der Waals surface area contributed by atoms with Gasteiger partial charge in [0, 0.05) is 12.3 Å². The lowest BCUT2D eigenvalue weighted by molar-refractivity contribution is 0.249. The predicted octanol–water partition coefficient (Wildman–Crippen LogP) is 2.01. The fourth-order valence-corrected chi connectivity index (χ4v) is 2.22. The summed E-state index contributed by atoms with van der Waals surface area (Å²) in [6.07, 6.45) is 1.92. The highest BCUT2D eigenvalue weighted by atomic mass is 32.2. The van der Waals surface area contributed by atoms with Crippen LogP contribution in [0.3, 0.4) is 0 Å². The van der Waals surface area contributed by atoms with Gasteiger partial charge < -0.3 is 10.6 Å². The van der Waals surface area contributed by atoms with Crippen LogP contribution in [0.25, 0.3) is 0 Å². The minimum absolute atomic E-state index is 0.0374. The number of sulfone groups is 1. The highest BCUT2D eigenvalue weighted by Crippen LogP contribution is 2.20. The first-order valence-electron chi connectivity index (χ1n) is 5.71. The Morgan fingerprint density at radius 1 is 1.33 bits per heavy atom. The van der Waals surface area contributed by atoms with Gasteiger partial charge in [-0.2, -0.15) is 0 Å². The first-order chi connectivity index (χ1) is 8.34. The lowest BCUT2D eigenvalue weighted by Gasteiger charge is -2.14. The molecule has 100 valence electrons. The second kappa shape index (κ2) is 5.86. The summed E-state index contributed by atoms with van der Waals surface area (Å²) >= 11 is 0. The van der Waals surface area contributed by atoms with E-state index in [0.717, 1.165) is 12.7 Å². The number of urea groups is 1. The number of anilines is 1. The highest BCUT2D eigenvalue weighted by Gasteiger charge is 2.14. The zero-order valence-electron chi connectivity index (χ0n) is 10.7. The fraction of sp³-hybridized carbons (Fsp3) is 0.417. The standard InChI is InChI=1S/C12H18N2O3S/c1-4-9(2)13-12(15)14-10-7-5-6-8-11(10)18(3,16)17/h5-9H,4H2,1-3H3,(H2,13,14,15)/t9-/m1/s1. The molecule has 0 fully saturated rings. The number of benzene rings is 1. The zero-order chi connectivity index (χ0) is 13.8. The maximum absolute atomic E-state index is 11.6. The van der Waals surface area contributed by atoms with Crippen LogP contribution in [0.5, 0.6) is 0 Å². The van der Waals surface area contributed by atoms with Gasteiger partial charge in [0.15, 0.2) is 9.84 Å². The molecule has 2 amide bonds. The molecule has 1 aromatic rings. The molecular weight excluding hydrogens is 252 g/mol. The van der Waals surface area contributed by atoms with Crippen molar-refractivity contribution in [1.82, 2.24) is 5.32 Å². The Bertz CT molecular complexity index is 526. The lowest BCUT2D eigenvalue weighted by atomic mass is 10.3. The third-order valence-electron chi connectivity index (χ3n) is 2.52. The molecule has 5 nitrogen and oxygen atoms in total. The number of amides is 2. The number of carbonyl (C=O) groups is 1. The van der Waals surface area contributed by atoms with E-state index in [4.69, 9.17) is 0 Å². The van der Waals surface area contributed by atoms with Gasteiger partial charge in [-0.15, -0.1) is 0 Å². The molecule has 0 aliphatic heterocycles. The Hall–Kier alpha value is -1.56. The van der Waals surface area contributed by atoms with E-state index in [-0.39, 0.29) is 10.9 Å². The van der Waals surface area contributed by atoms with E-state index < -0.39 is 15.9 Å². The molecule has 0 spiro atoms. The second-order valence-electron chi connectivity index (χ2n) is 4.18. The summed E-state index contributed by atoms with van der Waals surface area (Å²) in [5.74, 6) is 0. The first-order valence-corrected chi connectivity index (χ1v) is 7.60. The Balaban J connectivity index is 2.89. The van der Waals surface area contributed by atoms with Crippen LogP contribution in [0.1, 0.15) is 20.3 Å². The summed E-state index contributed by atoms with van der Waals surface area (Å²) in [4.78, 5) is 11.8. The van der Waals surface area contributed by atoms with Crippen molar-refractivity contribution in [3.63, 3.8) is 0 Å². The summed E-state index contributed by atoms with van der Waals surface area (Å²) in [6.45, 7) is 3.83. The number of para-hydroxylation sites is 1. The summed E-state index contributed by atoms with van der Waals surface area (Å²) in [7, 11) is -3.36. The van der Waals surface area contributed by atoms with Crippen molar-refractivity contribution >= 4 is 21.6 Å². The zero-order valence-corrected chi connectivity index (χ0v) is 11.5. The number of hydrogen-bond acceptors (Lipinski definition) is 3. The van der Waals surface area contributed by atoms with Gasteiger partial charge in [-0.05, 0) is 25.5 Å². The first kappa shape index (κ1) is 14.5. The fourth-order valence-electron chi connectivity index (χ4n) is 1.38. The van der Waals surface area contributed by atoms with Crippen LogP contribution in [-0.4, -0.2) is 26.7 Å². The maximum atomic E-state index is 11.6. The molecule has 1 atom stereocenters. The highest BCUT2D eigenvalue weighted by molar-refractivity contribution is 7.90. The van der Waals surface area contributed by atoms with E-state index in [1.807, 2.05) is 13.8 Å². The maximum Gasteiger partial charge on any atom is 0.319 e. The van der Waals surface area contributed by atoms with Gasteiger partial charge in [-0.25, -0.2) is 13.2 Å². The van der Waals surface area contributed by atoms with Gasteiger partial charge in [0.25, 0.3) is 0 Å². The SMILES string of the molecule is CC[C@@H](C)NC(=O)Nc1ccccc1S(C)(=O)=O. The van der Waals surface area contributed by atoms with Gasteiger partial charge in [0.2, 0.25) is 0 Å². The van der Waals surface area contributed by atoms with Crippen molar-refractivity contribution in [3.8, 4) is 0 Å². The van der Waals surface area contributed by atoms with E-state index in [1.165, 1.54) is 6.07 Å². The smallest absolute Gasteiger partial charge is 0.319 e. The van der Waals surface area contributed by atoms with Crippen LogP contribution in [0.4, 0.5) is 10.5 Å². The molecule has 0 heterocycles. The van der Waals surface area contributed by atoms with Crippen molar-refractivity contribution in [3.05, 3.63) is 24.3 Å². The molecule has 0 saturated heterocycles. The van der Waals surface area contributed by atoms with E-state index in [1.54, 1.807) is 18.2 Å². The van der Waals surface area contributed by atoms with Gasteiger partial charge in [0.05, 0.1) is 10.6 Å². The molecule has 18 heavy (non-hydrogen) atoms. The topological polar surface area (TPSA) is 75.3 Å². The quantitative estimate of drug-likeness (QED) is 0.878. The van der Waals surface area contributed by atoms with E-state index >= 15 is 0 Å².